The number of amides is 1. The van der Waals surface area contributed by atoms with Crippen molar-refractivity contribution >= 4 is 34.0 Å². The van der Waals surface area contributed by atoms with Crippen LogP contribution in [0.5, 0.6) is 0 Å². The first-order valence-electron chi connectivity index (χ1n) is 11.0. The van der Waals surface area contributed by atoms with Gasteiger partial charge < -0.3 is 15.3 Å². The number of halogens is 1. The third kappa shape index (κ3) is 4.03. The zero-order valence-electron chi connectivity index (χ0n) is 18.0. The van der Waals surface area contributed by atoms with Crippen molar-refractivity contribution in [2.24, 2.45) is 0 Å². The molecule has 2 aromatic carbocycles. The number of benzene rings is 2. The molecule has 0 bridgehead atoms. The van der Waals surface area contributed by atoms with E-state index in [1.807, 2.05) is 29.3 Å². The first kappa shape index (κ1) is 21.4. The van der Waals surface area contributed by atoms with Crippen LogP contribution in [-0.4, -0.2) is 40.1 Å². The summed E-state index contributed by atoms with van der Waals surface area (Å²) in [4.78, 5) is 19.6. The molecule has 0 saturated heterocycles. The summed E-state index contributed by atoms with van der Waals surface area (Å²) < 4.78 is 0. The number of hydrogen-bond donors (Lipinski definition) is 2. The van der Waals surface area contributed by atoms with E-state index in [4.69, 9.17) is 11.6 Å². The minimum atomic E-state index is -0.123. The van der Waals surface area contributed by atoms with Gasteiger partial charge >= 0.3 is 0 Å². The summed E-state index contributed by atoms with van der Waals surface area (Å²) in [6, 6.07) is 12.3. The molecule has 0 spiro atoms. The number of carbonyl (C=O) groups is 1. The number of aliphatic hydroxyl groups is 1. The van der Waals surface area contributed by atoms with E-state index < -0.39 is 0 Å². The highest BCUT2D eigenvalue weighted by molar-refractivity contribution is 7.13. The van der Waals surface area contributed by atoms with Gasteiger partial charge in [-0.3, -0.25) is 4.79 Å². The highest BCUT2D eigenvalue weighted by Crippen LogP contribution is 2.37. The van der Waals surface area contributed by atoms with E-state index in [0.29, 0.717) is 23.9 Å². The van der Waals surface area contributed by atoms with Crippen LogP contribution in [0.1, 0.15) is 50.6 Å². The van der Waals surface area contributed by atoms with Crippen LogP contribution in [0.4, 0.5) is 5.13 Å². The lowest BCUT2D eigenvalue weighted by Crippen LogP contribution is -2.36. The quantitative estimate of drug-likeness (QED) is 0.565. The third-order valence-corrected chi connectivity index (χ3v) is 7.70. The second-order valence-corrected chi connectivity index (χ2v) is 9.95. The van der Waals surface area contributed by atoms with E-state index >= 15 is 0 Å². The van der Waals surface area contributed by atoms with Crippen LogP contribution in [-0.2, 0) is 19.4 Å². The lowest BCUT2D eigenvalue weighted by Gasteiger charge is -2.29. The van der Waals surface area contributed by atoms with Gasteiger partial charge in [-0.2, -0.15) is 0 Å². The Morgan fingerprint density at radius 1 is 1.31 bits per heavy atom. The number of thiazole rings is 1. The van der Waals surface area contributed by atoms with Crippen LogP contribution in [0.15, 0.2) is 41.8 Å². The van der Waals surface area contributed by atoms with E-state index in [9.17, 15) is 9.90 Å². The predicted molar refractivity (Wildman–Crippen MR) is 129 cm³/mol. The summed E-state index contributed by atoms with van der Waals surface area (Å²) in [6.07, 6.45) is 2.83. The third-order valence-electron chi connectivity index (χ3n) is 6.71. The summed E-state index contributed by atoms with van der Waals surface area (Å²) in [6.45, 7) is 3.30. The van der Waals surface area contributed by atoms with E-state index in [1.54, 1.807) is 0 Å². The van der Waals surface area contributed by atoms with Gasteiger partial charge in [-0.25, -0.2) is 4.98 Å². The fourth-order valence-electron chi connectivity index (χ4n) is 5.03. The Labute approximate surface area is 197 Å². The van der Waals surface area contributed by atoms with E-state index in [2.05, 4.69) is 34.6 Å². The number of aromatic nitrogens is 1. The molecule has 2 aliphatic rings. The van der Waals surface area contributed by atoms with Crippen LogP contribution >= 0.6 is 22.9 Å². The molecule has 0 saturated carbocycles. The Morgan fingerprint density at radius 3 is 3.00 bits per heavy atom. The number of nitrogens with zero attached hydrogens (tertiary/aromatic N) is 2. The van der Waals surface area contributed by atoms with E-state index in [0.717, 1.165) is 29.8 Å². The molecule has 1 aliphatic heterocycles. The molecule has 2 heterocycles. The maximum atomic E-state index is 13.1. The first-order chi connectivity index (χ1) is 15.5. The molecule has 5 rings (SSSR count). The SMILES string of the molecule is Cc1cc(Cl)cc2c1CN(C(=O)c1csc(NC(CO)C3CCc4ccccc43)n1)CC2. The first-order valence-corrected chi connectivity index (χ1v) is 12.3. The van der Waals surface area contributed by atoms with Gasteiger partial charge in [-0.1, -0.05) is 35.9 Å². The summed E-state index contributed by atoms with van der Waals surface area (Å²) in [5.74, 6) is 0.189. The van der Waals surface area contributed by atoms with Gasteiger partial charge in [0.25, 0.3) is 5.91 Å². The summed E-state index contributed by atoms with van der Waals surface area (Å²) in [5, 5.41) is 16.7. The lowest BCUT2D eigenvalue weighted by atomic mass is 9.94. The van der Waals surface area contributed by atoms with E-state index in [1.165, 1.54) is 33.6 Å². The topological polar surface area (TPSA) is 65.5 Å². The molecular weight excluding hydrogens is 442 g/mol. The minimum Gasteiger partial charge on any atom is -0.394 e. The molecule has 32 heavy (non-hydrogen) atoms. The normalized spacial score (nSPS) is 18.2. The van der Waals surface area contributed by atoms with E-state index in [-0.39, 0.29) is 24.5 Å². The smallest absolute Gasteiger partial charge is 0.273 e. The number of hydrogen-bond acceptors (Lipinski definition) is 5. The second kappa shape index (κ2) is 8.85. The molecule has 5 nitrogen and oxygen atoms in total. The molecule has 0 fully saturated rings. The zero-order chi connectivity index (χ0) is 22.2. The molecular formula is C25H26ClN3O2S. The monoisotopic (exact) mass is 467 g/mol. The molecule has 2 atom stereocenters. The molecule has 1 aromatic heterocycles. The van der Waals surface area contributed by atoms with Gasteiger partial charge in [0.1, 0.15) is 5.69 Å². The van der Waals surface area contributed by atoms with Crippen molar-refractivity contribution < 1.29 is 9.90 Å². The van der Waals surface area contributed by atoms with Crippen LogP contribution in [0.25, 0.3) is 0 Å². The molecule has 3 aromatic rings. The Balaban J connectivity index is 1.29. The number of fused-ring (bicyclic) bond motifs is 2. The van der Waals surface area contributed by atoms with Crippen molar-refractivity contribution in [2.75, 3.05) is 18.5 Å². The number of anilines is 1. The minimum absolute atomic E-state index is 0.0204. The number of carbonyl (C=O) groups excluding carboxylic acids is 1. The van der Waals surface area contributed by atoms with Crippen LogP contribution in [0.3, 0.4) is 0 Å². The predicted octanol–water partition coefficient (Wildman–Crippen LogP) is 4.81. The van der Waals surface area contributed by atoms with Crippen molar-refractivity contribution in [3.8, 4) is 0 Å². The Hall–Kier alpha value is -2.41. The standard InChI is InChI=1S/C25H26ClN3O2S/c1-15-10-18(26)11-17-8-9-29(12-21(15)17)24(31)23-14-32-25(28-23)27-22(13-30)20-7-6-16-4-2-3-5-19(16)20/h2-5,10-11,14,20,22,30H,6-9,12-13H2,1H3,(H,27,28). The Bertz CT molecular complexity index is 1160. The maximum Gasteiger partial charge on any atom is 0.273 e. The van der Waals surface area contributed by atoms with Crippen LogP contribution < -0.4 is 5.32 Å². The van der Waals surface area contributed by atoms with Gasteiger partial charge in [0.15, 0.2) is 5.13 Å². The molecule has 7 heteroatoms. The zero-order valence-corrected chi connectivity index (χ0v) is 19.5. The number of rotatable bonds is 5. The highest BCUT2D eigenvalue weighted by atomic mass is 35.5. The summed E-state index contributed by atoms with van der Waals surface area (Å²) in [7, 11) is 0. The number of aryl methyl sites for hydroxylation is 2. The van der Waals surface area contributed by atoms with Crippen molar-refractivity contribution in [3.05, 3.63) is 80.3 Å². The summed E-state index contributed by atoms with van der Waals surface area (Å²) >= 11 is 7.61. The average molecular weight is 468 g/mol. The lowest BCUT2D eigenvalue weighted by molar-refractivity contribution is 0.0729. The molecule has 166 valence electrons. The van der Waals surface area contributed by atoms with Crippen molar-refractivity contribution in [3.63, 3.8) is 0 Å². The van der Waals surface area contributed by atoms with Crippen LogP contribution in [0, 0.1) is 6.92 Å². The molecule has 1 amide bonds. The van der Waals surface area contributed by atoms with Crippen molar-refractivity contribution in [2.45, 2.75) is 44.7 Å². The molecule has 2 N–H and O–H groups in total. The Kier molecular flexibility index (Phi) is 5.93. The number of nitrogens with one attached hydrogen (secondary N) is 1. The maximum absolute atomic E-state index is 13.1. The molecule has 2 unspecified atom stereocenters. The van der Waals surface area contributed by atoms with Crippen molar-refractivity contribution in [1.29, 1.82) is 0 Å². The highest BCUT2D eigenvalue weighted by Gasteiger charge is 2.30. The van der Waals surface area contributed by atoms with Gasteiger partial charge in [0.05, 0.1) is 12.6 Å². The Morgan fingerprint density at radius 2 is 2.16 bits per heavy atom. The molecule has 0 radical (unpaired) electrons. The van der Waals surface area contributed by atoms with Gasteiger partial charge in [0, 0.05) is 29.4 Å². The van der Waals surface area contributed by atoms with Crippen molar-refractivity contribution in [1.82, 2.24) is 9.88 Å². The van der Waals surface area contributed by atoms with Gasteiger partial charge in [0.2, 0.25) is 0 Å². The fraction of sp³-hybridized carbons (Fsp3) is 0.360. The van der Waals surface area contributed by atoms with Crippen LogP contribution in [0.2, 0.25) is 5.02 Å². The average Bonchev–Trinajstić information content (AvgIpc) is 3.44. The second-order valence-electron chi connectivity index (χ2n) is 8.65. The summed E-state index contributed by atoms with van der Waals surface area (Å²) in [5.41, 5.74) is 6.64. The van der Waals surface area contributed by atoms with Gasteiger partial charge in [-0.05, 0) is 66.1 Å². The number of aliphatic hydroxyl groups excluding tert-OH is 1. The molecule has 1 aliphatic carbocycles. The van der Waals surface area contributed by atoms with Gasteiger partial charge in [-0.15, -0.1) is 11.3 Å². The fourth-order valence-corrected chi connectivity index (χ4v) is 6.07. The largest absolute Gasteiger partial charge is 0.394 e.